The van der Waals surface area contributed by atoms with Crippen molar-refractivity contribution in [3.05, 3.63) is 100 Å². The van der Waals surface area contributed by atoms with Gasteiger partial charge in [0.05, 0.1) is 18.2 Å². The van der Waals surface area contributed by atoms with Gasteiger partial charge in [0.2, 0.25) is 11.3 Å². The Morgan fingerprint density at radius 1 is 1.06 bits per heavy atom. The highest BCUT2D eigenvalue weighted by Gasteiger charge is 2.19. The summed E-state index contributed by atoms with van der Waals surface area (Å²) in [6.45, 7) is 1.96. The number of aryl methyl sites for hydroxylation is 1. The molecule has 7 heteroatoms. The Kier molecular flexibility index (Phi) is 6.31. The van der Waals surface area contributed by atoms with Gasteiger partial charge in [-0.25, -0.2) is 0 Å². The van der Waals surface area contributed by atoms with Gasteiger partial charge < -0.3 is 14.6 Å². The molecule has 2 heterocycles. The number of fused-ring (bicyclic) bond motifs is 1. The second-order valence-electron chi connectivity index (χ2n) is 7.55. The highest BCUT2D eigenvalue weighted by molar-refractivity contribution is 6.10. The molecule has 7 nitrogen and oxygen atoms in total. The molecule has 0 spiro atoms. The molecule has 0 fully saturated rings. The summed E-state index contributed by atoms with van der Waals surface area (Å²) in [6.07, 6.45) is 5.29. The lowest BCUT2D eigenvalue weighted by Gasteiger charge is -2.14. The number of amides is 1. The molecule has 0 aliphatic rings. The molecular weight excluding hydrogens is 418 g/mol. The molecule has 0 radical (unpaired) electrons. The van der Waals surface area contributed by atoms with Crippen LogP contribution >= 0.6 is 0 Å². The summed E-state index contributed by atoms with van der Waals surface area (Å²) in [7, 11) is 1.53. The first kappa shape index (κ1) is 22.0. The zero-order chi connectivity index (χ0) is 23.4. The topological polar surface area (TPSA) is 90.3 Å². The van der Waals surface area contributed by atoms with E-state index in [1.807, 2.05) is 31.2 Å². The van der Waals surface area contributed by atoms with Crippen molar-refractivity contribution in [3.63, 3.8) is 0 Å². The van der Waals surface area contributed by atoms with Gasteiger partial charge in [-0.05, 0) is 48.4 Å². The van der Waals surface area contributed by atoms with Gasteiger partial charge in [-0.2, -0.15) is 0 Å². The Bertz CT molecular complexity index is 1390. The van der Waals surface area contributed by atoms with Crippen LogP contribution in [0.3, 0.4) is 0 Å². The van der Waals surface area contributed by atoms with Crippen molar-refractivity contribution in [3.8, 4) is 5.75 Å². The van der Waals surface area contributed by atoms with Crippen LogP contribution < -0.4 is 15.5 Å². The van der Waals surface area contributed by atoms with Crippen molar-refractivity contribution in [2.45, 2.75) is 19.9 Å². The first-order chi connectivity index (χ1) is 16.0. The number of hydrogen-bond acceptors (Lipinski definition) is 5. The van der Waals surface area contributed by atoms with E-state index >= 15 is 0 Å². The van der Waals surface area contributed by atoms with Crippen LogP contribution in [0.25, 0.3) is 10.9 Å². The van der Waals surface area contributed by atoms with Gasteiger partial charge in [0.1, 0.15) is 12.3 Å². The van der Waals surface area contributed by atoms with Gasteiger partial charge in [0.25, 0.3) is 0 Å². The molecule has 166 valence electrons. The highest BCUT2D eigenvalue weighted by atomic mass is 16.5. The summed E-state index contributed by atoms with van der Waals surface area (Å²) < 4.78 is 6.90. The fourth-order valence-corrected chi connectivity index (χ4v) is 3.67. The fourth-order valence-electron chi connectivity index (χ4n) is 3.67. The quantitative estimate of drug-likeness (QED) is 0.440. The largest absolute Gasteiger partial charge is 0.497 e. The predicted octanol–water partition coefficient (Wildman–Crippen LogP) is 3.84. The summed E-state index contributed by atoms with van der Waals surface area (Å²) in [6, 6.07) is 15.7. The molecule has 0 bridgehead atoms. The zero-order valence-corrected chi connectivity index (χ0v) is 18.4. The van der Waals surface area contributed by atoms with E-state index in [0.29, 0.717) is 27.9 Å². The summed E-state index contributed by atoms with van der Waals surface area (Å²) >= 11 is 0. The van der Waals surface area contributed by atoms with Gasteiger partial charge in [-0.1, -0.05) is 19.1 Å². The molecule has 4 rings (SSSR count). The smallest absolute Gasteiger partial charge is 0.244 e. The molecule has 0 unspecified atom stereocenters. The van der Waals surface area contributed by atoms with Crippen LogP contribution in [0.2, 0.25) is 0 Å². The van der Waals surface area contributed by atoms with Crippen molar-refractivity contribution in [1.82, 2.24) is 9.55 Å². The van der Waals surface area contributed by atoms with Crippen molar-refractivity contribution in [2.75, 3.05) is 12.4 Å². The number of benzene rings is 2. The van der Waals surface area contributed by atoms with Crippen LogP contribution in [0.1, 0.15) is 28.4 Å². The number of carbonyl (C=O) groups is 2. The van der Waals surface area contributed by atoms with Gasteiger partial charge in [0.15, 0.2) is 5.78 Å². The van der Waals surface area contributed by atoms with E-state index in [4.69, 9.17) is 4.74 Å². The number of methoxy groups -OCH3 is 1. The minimum atomic E-state index is -0.426. The van der Waals surface area contributed by atoms with Crippen molar-refractivity contribution in [2.24, 2.45) is 0 Å². The Balaban J connectivity index is 1.76. The second kappa shape index (κ2) is 9.48. The molecule has 0 aliphatic carbocycles. The van der Waals surface area contributed by atoms with Gasteiger partial charge in [-0.15, -0.1) is 0 Å². The molecule has 1 N–H and O–H groups in total. The lowest BCUT2D eigenvalue weighted by Crippen LogP contribution is -2.24. The van der Waals surface area contributed by atoms with E-state index in [9.17, 15) is 14.4 Å². The minimum Gasteiger partial charge on any atom is -0.497 e. The van der Waals surface area contributed by atoms with Gasteiger partial charge in [-0.3, -0.25) is 19.4 Å². The van der Waals surface area contributed by atoms with Gasteiger partial charge >= 0.3 is 0 Å². The maximum atomic E-state index is 13.2. The number of hydrogen-bond donors (Lipinski definition) is 1. The number of rotatable bonds is 7. The first-order valence-corrected chi connectivity index (χ1v) is 10.5. The number of ketones is 1. The Labute approximate surface area is 190 Å². The average Bonchev–Trinajstić information content (AvgIpc) is 2.85. The van der Waals surface area contributed by atoms with E-state index in [2.05, 4.69) is 10.3 Å². The monoisotopic (exact) mass is 441 g/mol. The standard InChI is InChI=1S/C26H23N3O4/c1-3-17-5-4-6-19(13-17)28-24(30)16-29-15-22(25(31)18-9-11-27-12-10-18)26(32)21-8-7-20(33-2)14-23(21)29/h4-15H,3,16H2,1-2H3,(H,28,30). The fraction of sp³-hybridized carbons (Fsp3) is 0.154. The van der Waals surface area contributed by atoms with Crippen molar-refractivity contribution >= 4 is 28.3 Å². The third-order valence-electron chi connectivity index (χ3n) is 5.41. The van der Waals surface area contributed by atoms with E-state index in [1.165, 1.54) is 25.7 Å². The number of nitrogens with one attached hydrogen (secondary N) is 1. The third-order valence-corrected chi connectivity index (χ3v) is 5.41. The zero-order valence-electron chi connectivity index (χ0n) is 18.4. The number of ether oxygens (including phenoxy) is 1. The van der Waals surface area contributed by atoms with Crippen LogP contribution in [-0.2, 0) is 17.8 Å². The normalized spacial score (nSPS) is 10.7. The number of aromatic nitrogens is 2. The van der Waals surface area contributed by atoms with E-state index in [1.54, 1.807) is 34.9 Å². The van der Waals surface area contributed by atoms with Crippen LogP contribution in [0.5, 0.6) is 5.75 Å². The maximum Gasteiger partial charge on any atom is 0.244 e. The minimum absolute atomic E-state index is 0.0142. The van der Waals surface area contributed by atoms with E-state index in [-0.39, 0.29) is 18.0 Å². The van der Waals surface area contributed by atoms with Crippen molar-refractivity contribution in [1.29, 1.82) is 0 Å². The molecule has 0 saturated carbocycles. The molecule has 4 aromatic rings. The lowest BCUT2D eigenvalue weighted by atomic mass is 10.0. The Morgan fingerprint density at radius 2 is 1.85 bits per heavy atom. The number of pyridine rings is 2. The molecular formula is C26H23N3O4. The molecule has 2 aromatic carbocycles. The van der Waals surface area contributed by atoms with Crippen LogP contribution in [0.15, 0.2) is 78.0 Å². The molecule has 33 heavy (non-hydrogen) atoms. The van der Waals surface area contributed by atoms with E-state index < -0.39 is 11.2 Å². The van der Waals surface area contributed by atoms with Crippen LogP contribution in [0.4, 0.5) is 5.69 Å². The average molecular weight is 441 g/mol. The lowest BCUT2D eigenvalue weighted by molar-refractivity contribution is -0.116. The van der Waals surface area contributed by atoms with Crippen LogP contribution in [0, 0.1) is 0 Å². The molecule has 0 saturated heterocycles. The van der Waals surface area contributed by atoms with Crippen LogP contribution in [-0.4, -0.2) is 28.4 Å². The highest BCUT2D eigenvalue weighted by Crippen LogP contribution is 2.21. The molecule has 0 aliphatic heterocycles. The van der Waals surface area contributed by atoms with Crippen molar-refractivity contribution < 1.29 is 14.3 Å². The summed E-state index contributed by atoms with van der Waals surface area (Å²) in [5.41, 5.74) is 2.23. The predicted molar refractivity (Wildman–Crippen MR) is 127 cm³/mol. The Hall–Kier alpha value is -4.26. The second-order valence-corrected chi connectivity index (χ2v) is 7.55. The first-order valence-electron chi connectivity index (χ1n) is 10.5. The number of carbonyl (C=O) groups excluding carboxylic acids is 2. The molecule has 2 aromatic heterocycles. The van der Waals surface area contributed by atoms with Gasteiger partial charge in [0, 0.05) is 41.3 Å². The molecule has 1 amide bonds. The van der Waals surface area contributed by atoms with E-state index in [0.717, 1.165) is 12.0 Å². The number of nitrogens with zero attached hydrogens (tertiary/aromatic N) is 2. The summed E-state index contributed by atoms with van der Waals surface area (Å²) in [5, 5.41) is 3.22. The Morgan fingerprint density at radius 3 is 2.58 bits per heavy atom. The summed E-state index contributed by atoms with van der Waals surface area (Å²) in [4.78, 5) is 43.0. The number of anilines is 1. The SMILES string of the molecule is CCc1cccc(NC(=O)Cn2cc(C(=O)c3ccncc3)c(=O)c3ccc(OC)cc32)c1. The molecule has 0 atom stereocenters. The summed E-state index contributed by atoms with van der Waals surface area (Å²) in [5.74, 6) is -0.164. The third kappa shape index (κ3) is 4.67. The maximum absolute atomic E-state index is 13.2.